The number of hydrogen-bond donors (Lipinski definition) is 1. The van der Waals surface area contributed by atoms with Crippen LogP contribution in [0.3, 0.4) is 0 Å². The monoisotopic (exact) mass is 510 g/mol. The van der Waals surface area contributed by atoms with Gasteiger partial charge in [0, 0.05) is 85.5 Å². The minimum Gasteiger partial charge on any atom is -0.369 e. The lowest BCUT2D eigenvalue weighted by molar-refractivity contribution is 0.172. The molecule has 3 aliphatic rings. The fourth-order valence-electron chi connectivity index (χ4n) is 6.57. The molecule has 0 amide bonds. The molecule has 0 atom stereocenters. The Morgan fingerprint density at radius 2 is 1.55 bits per heavy atom. The van der Waals surface area contributed by atoms with Crippen molar-refractivity contribution < 1.29 is 0 Å². The summed E-state index contributed by atoms with van der Waals surface area (Å²) in [5.74, 6) is 0. The molecule has 3 fully saturated rings. The fourth-order valence-corrected chi connectivity index (χ4v) is 6.57. The van der Waals surface area contributed by atoms with Crippen molar-refractivity contribution in [3.8, 4) is 22.4 Å². The van der Waals surface area contributed by atoms with Gasteiger partial charge in [-0.3, -0.25) is 4.68 Å². The number of benzene rings is 1. The third-order valence-corrected chi connectivity index (χ3v) is 8.89. The van der Waals surface area contributed by atoms with Crippen molar-refractivity contribution >= 4 is 16.7 Å². The van der Waals surface area contributed by atoms with Gasteiger partial charge in [-0.2, -0.15) is 5.10 Å². The number of fused-ring (bicyclic) bond motifs is 1. The zero-order chi connectivity index (χ0) is 25.8. The topological polar surface area (TPSA) is 69.1 Å². The van der Waals surface area contributed by atoms with E-state index in [-0.39, 0.29) is 0 Å². The quantitative estimate of drug-likeness (QED) is 0.421. The summed E-state index contributed by atoms with van der Waals surface area (Å²) in [6, 6.07) is 8.08. The second-order valence-electron chi connectivity index (χ2n) is 11.7. The first-order chi connectivity index (χ1) is 18.5. The molecule has 5 heterocycles. The highest BCUT2D eigenvalue weighted by Gasteiger charge is 2.32. The SMILES string of the molecule is Cc1cc(-c2cc3c(-c4cnn(C5CCN(C6CC6)CC5)c4)c[nH]c3nn2)cc(C)c1N1CCN(C)CC1. The van der Waals surface area contributed by atoms with E-state index in [4.69, 9.17) is 5.10 Å². The highest BCUT2D eigenvalue weighted by atomic mass is 15.3. The van der Waals surface area contributed by atoms with Crippen molar-refractivity contribution in [2.75, 3.05) is 51.2 Å². The minimum atomic E-state index is 0.490. The molecule has 0 bridgehead atoms. The van der Waals surface area contributed by atoms with Gasteiger partial charge in [0.25, 0.3) is 0 Å². The maximum Gasteiger partial charge on any atom is 0.160 e. The number of likely N-dealkylation sites (tertiary alicyclic amines) is 1. The number of nitrogens with one attached hydrogen (secondary N) is 1. The van der Waals surface area contributed by atoms with Crippen LogP contribution in [-0.4, -0.2) is 87.1 Å². The molecule has 0 spiro atoms. The average molecular weight is 511 g/mol. The number of aryl methyl sites for hydroxylation is 2. The second-order valence-corrected chi connectivity index (χ2v) is 11.7. The van der Waals surface area contributed by atoms with E-state index in [1.165, 1.54) is 55.6 Å². The van der Waals surface area contributed by atoms with E-state index < -0.39 is 0 Å². The lowest BCUT2D eigenvalue weighted by Crippen LogP contribution is -2.45. The molecule has 38 heavy (non-hydrogen) atoms. The molecule has 1 saturated carbocycles. The zero-order valence-corrected chi connectivity index (χ0v) is 22.8. The van der Waals surface area contributed by atoms with E-state index >= 15 is 0 Å². The zero-order valence-electron chi connectivity index (χ0n) is 22.8. The van der Waals surface area contributed by atoms with Crippen LogP contribution in [0.2, 0.25) is 0 Å². The Morgan fingerprint density at radius 1 is 0.816 bits per heavy atom. The lowest BCUT2D eigenvalue weighted by Gasteiger charge is -2.36. The second kappa shape index (κ2) is 9.50. The van der Waals surface area contributed by atoms with Gasteiger partial charge in [-0.25, -0.2) is 0 Å². The van der Waals surface area contributed by atoms with Crippen LogP contribution in [0.5, 0.6) is 0 Å². The first-order valence-corrected chi connectivity index (χ1v) is 14.2. The molecule has 7 rings (SSSR count). The Balaban J connectivity index is 1.15. The van der Waals surface area contributed by atoms with Gasteiger partial charge < -0.3 is 19.7 Å². The van der Waals surface area contributed by atoms with Gasteiger partial charge in [-0.15, -0.1) is 10.2 Å². The molecular formula is C30H38N8. The standard InChI is InChI=1S/C30H38N8/c1-20-14-22(15-21(2)29(20)37-12-10-35(3)11-13-37)28-16-26-27(18-31-30(26)34-33-28)23-17-32-38(19-23)25-6-8-36(9-7-25)24-4-5-24/h14-19,24-25H,4-13H2,1-3H3,(H,31,34). The first kappa shape index (κ1) is 23.9. The van der Waals surface area contributed by atoms with Crippen LogP contribution in [0, 0.1) is 13.8 Å². The number of rotatable bonds is 5. The molecule has 8 nitrogen and oxygen atoms in total. The summed E-state index contributed by atoms with van der Waals surface area (Å²) < 4.78 is 2.19. The van der Waals surface area contributed by atoms with E-state index in [1.807, 2.05) is 12.4 Å². The predicted molar refractivity (Wildman–Crippen MR) is 153 cm³/mol. The summed E-state index contributed by atoms with van der Waals surface area (Å²) >= 11 is 0. The van der Waals surface area contributed by atoms with Crippen LogP contribution in [0.15, 0.2) is 36.8 Å². The van der Waals surface area contributed by atoms with Crippen LogP contribution >= 0.6 is 0 Å². The molecule has 0 unspecified atom stereocenters. The predicted octanol–water partition coefficient (Wildman–Crippen LogP) is 4.66. The van der Waals surface area contributed by atoms with E-state index in [1.54, 1.807) is 0 Å². The third-order valence-electron chi connectivity index (χ3n) is 8.89. The van der Waals surface area contributed by atoms with Crippen LogP contribution in [-0.2, 0) is 0 Å². The Morgan fingerprint density at radius 3 is 2.26 bits per heavy atom. The summed E-state index contributed by atoms with van der Waals surface area (Å²) in [6.07, 6.45) is 11.4. The van der Waals surface area contributed by atoms with Crippen LogP contribution in [0.25, 0.3) is 33.4 Å². The molecule has 1 N–H and O–H groups in total. The van der Waals surface area contributed by atoms with Gasteiger partial charge in [-0.05, 0) is 75.9 Å². The van der Waals surface area contributed by atoms with Crippen LogP contribution < -0.4 is 4.90 Å². The molecular weight excluding hydrogens is 472 g/mol. The number of H-pyrrole nitrogens is 1. The third kappa shape index (κ3) is 4.39. The van der Waals surface area contributed by atoms with E-state index in [9.17, 15) is 0 Å². The van der Waals surface area contributed by atoms with Crippen molar-refractivity contribution in [1.29, 1.82) is 0 Å². The molecule has 1 aliphatic carbocycles. The van der Waals surface area contributed by atoms with Crippen molar-refractivity contribution in [1.82, 2.24) is 34.8 Å². The van der Waals surface area contributed by atoms with Gasteiger partial charge in [0.1, 0.15) is 0 Å². The maximum atomic E-state index is 4.79. The summed E-state index contributed by atoms with van der Waals surface area (Å²) in [7, 11) is 2.20. The Labute approximate surface area is 224 Å². The van der Waals surface area contributed by atoms with Crippen molar-refractivity contribution in [2.45, 2.75) is 51.6 Å². The van der Waals surface area contributed by atoms with E-state index in [0.717, 1.165) is 65.6 Å². The molecule has 2 saturated heterocycles. The van der Waals surface area contributed by atoms with Crippen LogP contribution in [0.4, 0.5) is 5.69 Å². The molecule has 2 aliphatic heterocycles. The van der Waals surface area contributed by atoms with Crippen molar-refractivity contribution in [3.63, 3.8) is 0 Å². The molecule has 1 aromatic carbocycles. The maximum absolute atomic E-state index is 4.79. The average Bonchev–Trinajstić information content (AvgIpc) is 3.51. The van der Waals surface area contributed by atoms with Crippen molar-refractivity contribution in [3.05, 3.63) is 47.9 Å². The largest absolute Gasteiger partial charge is 0.369 e. The number of nitrogens with zero attached hydrogens (tertiary/aromatic N) is 7. The number of piperazine rings is 1. The lowest BCUT2D eigenvalue weighted by atomic mass is 9.99. The summed E-state index contributed by atoms with van der Waals surface area (Å²) in [4.78, 5) is 10.9. The van der Waals surface area contributed by atoms with Gasteiger partial charge in [0.15, 0.2) is 5.65 Å². The van der Waals surface area contributed by atoms with E-state index in [0.29, 0.717) is 6.04 Å². The number of anilines is 1. The van der Waals surface area contributed by atoms with Gasteiger partial charge in [-0.1, -0.05) is 0 Å². The highest BCUT2D eigenvalue weighted by Crippen LogP contribution is 2.35. The van der Waals surface area contributed by atoms with Crippen molar-refractivity contribution in [2.24, 2.45) is 0 Å². The molecule has 198 valence electrons. The fraction of sp³-hybridized carbons (Fsp3) is 0.500. The molecule has 8 heteroatoms. The smallest absolute Gasteiger partial charge is 0.160 e. The summed E-state index contributed by atoms with van der Waals surface area (Å²) in [6.45, 7) is 11.2. The Hall–Kier alpha value is -3.23. The summed E-state index contributed by atoms with van der Waals surface area (Å²) in [5.41, 5.74) is 9.10. The Kier molecular flexibility index (Phi) is 5.97. The molecule has 0 radical (unpaired) electrons. The Bertz CT molecular complexity index is 1430. The molecule has 4 aromatic rings. The van der Waals surface area contributed by atoms with Gasteiger partial charge in [0.2, 0.25) is 0 Å². The number of piperidine rings is 1. The normalized spacial score (nSPS) is 20.0. The molecule has 3 aromatic heterocycles. The number of likely N-dealkylation sites (N-methyl/N-ethyl adjacent to an activating group) is 1. The number of aromatic amines is 1. The number of aromatic nitrogens is 5. The minimum absolute atomic E-state index is 0.490. The first-order valence-electron chi connectivity index (χ1n) is 14.2. The van der Waals surface area contributed by atoms with Crippen LogP contribution in [0.1, 0.15) is 42.9 Å². The summed E-state index contributed by atoms with van der Waals surface area (Å²) in [5, 5.41) is 15.0. The number of hydrogen-bond acceptors (Lipinski definition) is 6. The highest BCUT2D eigenvalue weighted by molar-refractivity contribution is 5.95. The van der Waals surface area contributed by atoms with E-state index in [2.05, 4.69) is 79.9 Å². The van der Waals surface area contributed by atoms with Gasteiger partial charge in [0.05, 0.1) is 17.9 Å². The van der Waals surface area contributed by atoms with Gasteiger partial charge >= 0.3 is 0 Å².